The highest BCUT2D eigenvalue weighted by molar-refractivity contribution is 5.95. The van der Waals surface area contributed by atoms with Crippen molar-refractivity contribution in [2.24, 2.45) is 11.8 Å². The van der Waals surface area contributed by atoms with Gasteiger partial charge < -0.3 is 24.4 Å². The Hall–Kier alpha value is -2.44. The first-order valence-corrected chi connectivity index (χ1v) is 11.3. The zero-order valence-corrected chi connectivity index (χ0v) is 19.4. The number of ether oxygens (including phenoxy) is 3. The van der Waals surface area contributed by atoms with Gasteiger partial charge in [0.05, 0.1) is 13.7 Å². The normalized spacial score (nSPS) is 18.3. The van der Waals surface area contributed by atoms with E-state index in [9.17, 15) is 9.59 Å². The van der Waals surface area contributed by atoms with Crippen molar-refractivity contribution in [1.29, 1.82) is 0 Å². The number of carbonyl (C=O) groups is 2. The molecule has 31 heavy (non-hydrogen) atoms. The third-order valence-electron chi connectivity index (χ3n) is 5.82. The van der Waals surface area contributed by atoms with Gasteiger partial charge in [0.25, 0.3) is 5.91 Å². The first-order chi connectivity index (χ1) is 14.6. The number of rotatable bonds is 7. The number of benzene rings is 1. The van der Waals surface area contributed by atoms with E-state index >= 15 is 0 Å². The van der Waals surface area contributed by atoms with Gasteiger partial charge in [-0.25, -0.2) is 4.79 Å². The standard InChI is InChI=1S/C24H36N2O5/c1-16(18-8-10-26(11-9-18)23(28)31-24(2,3)4)25-22(27)19-12-20(29-5)14-21(13-19)30-15-17-6-7-17/h12-14,16-18H,6-11,15H2,1-5H3,(H,25,27). The third-order valence-corrected chi connectivity index (χ3v) is 5.82. The zero-order chi connectivity index (χ0) is 22.6. The number of carbonyl (C=O) groups excluding carboxylic acids is 2. The molecule has 1 aliphatic heterocycles. The SMILES string of the molecule is COc1cc(OCC2CC2)cc(C(=O)NC(C)C2CCN(C(=O)OC(C)(C)C)CC2)c1. The maximum atomic E-state index is 12.9. The summed E-state index contributed by atoms with van der Waals surface area (Å²) in [4.78, 5) is 26.9. The van der Waals surface area contributed by atoms with Gasteiger partial charge in [-0.15, -0.1) is 0 Å². The van der Waals surface area contributed by atoms with Crippen LogP contribution in [0, 0.1) is 11.8 Å². The molecule has 0 spiro atoms. The van der Waals surface area contributed by atoms with Crippen molar-refractivity contribution >= 4 is 12.0 Å². The molecular weight excluding hydrogens is 396 g/mol. The summed E-state index contributed by atoms with van der Waals surface area (Å²) in [7, 11) is 1.59. The smallest absolute Gasteiger partial charge is 0.410 e. The molecule has 2 amide bonds. The van der Waals surface area contributed by atoms with Crippen molar-refractivity contribution in [3.05, 3.63) is 23.8 Å². The topological polar surface area (TPSA) is 77.1 Å². The van der Waals surface area contributed by atoms with Crippen LogP contribution >= 0.6 is 0 Å². The van der Waals surface area contributed by atoms with E-state index in [-0.39, 0.29) is 18.0 Å². The molecule has 1 aromatic carbocycles. The predicted octanol–water partition coefficient (Wildman–Crippen LogP) is 4.25. The molecule has 2 aliphatic rings. The molecular formula is C24H36N2O5. The lowest BCUT2D eigenvalue weighted by molar-refractivity contribution is 0.0170. The van der Waals surface area contributed by atoms with Crippen LogP contribution in [0.25, 0.3) is 0 Å². The monoisotopic (exact) mass is 432 g/mol. The molecule has 2 fully saturated rings. The Labute approximate surface area is 185 Å². The van der Waals surface area contributed by atoms with Crippen LogP contribution in [0.5, 0.6) is 11.5 Å². The van der Waals surface area contributed by atoms with Crippen LogP contribution < -0.4 is 14.8 Å². The van der Waals surface area contributed by atoms with Crippen LogP contribution in [-0.4, -0.2) is 55.3 Å². The van der Waals surface area contributed by atoms with Gasteiger partial charge >= 0.3 is 6.09 Å². The lowest BCUT2D eigenvalue weighted by Crippen LogP contribution is -2.46. The van der Waals surface area contributed by atoms with E-state index < -0.39 is 5.60 Å². The van der Waals surface area contributed by atoms with Gasteiger partial charge in [-0.05, 0) is 77.3 Å². The second kappa shape index (κ2) is 9.79. The van der Waals surface area contributed by atoms with E-state index in [4.69, 9.17) is 14.2 Å². The fraction of sp³-hybridized carbons (Fsp3) is 0.667. The van der Waals surface area contributed by atoms with Crippen LogP contribution in [0.2, 0.25) is 0 Å². The number of nitrogens with zero attached hydrogens (tertiary/aromatic N) is 1. The summed E-state index contributed by atoms with van der Waals surface area (Å²) in [5.74, 6) is 2.07. The molecule has 1 aliphatic carbocycles. The molecule has 3 rings (SSSR count). The predicted molar refractivity (Wildman–Crippen MR) is 119 cm³/mol. The Kier molecular flexibility index (Phi) is 7.34. The van der Waals surface area contributed by atoms with Crippen LogP contribution in [0.15, 0.2) is 18.2 Å². The number of hydrogen-bond acceptors (Lipinski definition) is 5. The molecule has 1 aromatic rings. The highest BCUT2D eigenvalue weighted by Crippen LogP contribution is 2.31. The summed E-state index contributed by atoms with van der Waals surface area (Å²) in [6.07, 6.45) is 3.81. The fourth-order valence-electron chi connectivity index (χ4n) is 3.72. The third kappa shape index (κ3) is 7.04. The Morgan fingerprint density at radius 1 is 1.10 bits per heavy atom. The van der Waals surface area contributed by atoms with Crippen molar-refractivity contribution in [1.82, 2.24) is 10.2 Å². The second-order valence-electron chi connectivity index (χ2n) is 9.72. The molecule has 1 saturated carbocycles. The van der Waals surface area contributed by atoms with Gasteiger partial charge in [0, 0.05) is 30.8 Å². The number of piperidine rings is 1. The summed E-state index contributed by atoms with van der Waals surface area (Å²) in [6.45, 7) is 9.59. The number of likely N-dealkylation sites (tertiary alicyclic amines) is 1. The summed E-state index contributed by atoms with van der Waals surface area (Å²) in [6, 6.07) is 5.32. The summed E-state index contributed by atoms with van der Waals surface area (Å²) in [5.41, 5.74) is 0.0378. The van der Waals surface area contributed by atoms with Crippen molar-refractivity contribution in [2.45, 2.75) is 65.0 Å². The summed E-state index contributed by atoms with van der Waals surface area (Å²) < 4.78 is 16.7. The van der Waals surface area contributed by atoms with Gasteiger partial charge in [0.1, 0.15) is 17.1 Å². The minimum absolute atomic E-state index is 0.00433. The van der Waals surface area contributed by atoms with E-state index in [1.54, 1.807) is 24.1 Å². The molecule has 1 unspecified atom stereocenters. The van der Waals surface area contributed by atoms with Gasteiger partial charge in [0.2, 0.25) is 0 Å². The number of nitrogens with one attached hydrogen (secondary N) is 1. The van der Waals surface area contributed by atoms with Crippen LogP contribution in [0.4, 0.5) is 4.79 Å². The molecule has 7 nitrogen and oxygen atoms in total. The van der Waals surface area contributed by atoms with E-state index in [1.165, 1.54) is 12.8 Å². The molecule has 0 aromatic heterocycles. The maximum Gasteiger partial charge on any atom is 0.410 e. The van der Waals surface area contributed by atoms with E-state index in [2.05, 4.69) is 5.32 Å². The van der Waals surface area contributed by atoms with Crippen molar-refractivity contribution in [3.8, 4) is 11.5 Å². The van der Waals surface area contributed by atoms with Gasteiger partial charge in [-0.3, -0.25) is 4.79 Å². The molecule has 1 atom stereocenters. The van der Waals surface area contributed by atoms with Crippen LogP contribution in [-0.2, 0) is 4.74 Å². The Morgan fingerprint density at radius 2 is 1.74 bits per heavy atom. The number of hydrogen-bond donors (Lipinski definition) is 1. The van der Waals surface area contributed by atoms with E-state index in [0.717, 1.165) is 12.8 Å². The average molecular weight is 433 g/mol. The highest BCUT2D eigenvalue weighted by Gasteiger charge is 2.30. The largest absolute Gasteiger partial charge is 0.497 e. The zero-order valence-electron chi connectivity index (χ0n) is 19.4. The van der Waals surface area contributed by atoms with Crippen LogP contribution in [0.1, 0.15) is 63.7 Å². The Balaban J connectivity index is 1.53. The molecule has 1 saturated heterocycles. The second-order valence-corrected chi connectivity index (χ2v) is 9.72. The minimum Gasteiger partial charge on any atom is -0.497 e. The quantitative estimate of drug-likeness (QED) is 0.697. The van der Waals surface area contributed by atoms with Crippen LogP contribution in [0.3, 0.4) is 0 Å². The van der Waals surface area contributed by atoms with Crippen molar-refractivity contribution < 1.29 is 23.8 Å². The fourth-order valence-corrected chi connectivity index (χ4v) is 3.72. The lowest BCUT2D eigenvalue weighted by atomic mass is 9.90. The molecule has 0 bridgehead atoms. The van der Waals surface area contributed by atoms with Gasteiger partial charge in [-0.2, -0.15) is 0 Å². The minimum atomic E-state index is -0.493. The molecule has 1 heterocycles. The van der Waals surface area contributed by atoms with Crippen molar-refractivity contribution in [2.75, 3.05) is 26.8 Å². The first-order valence-electron chi connectivity index (χ1n) is 11.3. The average Bonchev–Trinajstić information content (AvgIpc) is 3.55. The molecule has 1 N–H and O–H groups in total. The number of amides is 2. The maximum absolute atomic E-state index is 12.9. The van der Waals surface area contributed by atoms with Crippen molar-refractivity contribution in [3.63, 3.8) is 0 Å². The Morgan fingerprint density at radius 3 is 2.32 bits per heavy atom. The Bertz CT molecular complexity index is 777. The van der Waals surface area contributed by atoms with Gasteiger partial charge in [-0.1, -0.05) is 0 Å². The first kappa shape index (κ1) is 23.2. The van der Waals surface area contributed by atoms with Gasteiger partial charge in [0.15, 0.2) is 0 Å². The van der Waals surface area contributed by atoms with E-state index in [1.807, 2.05) is 33.8 Å². The molecule has 0 radical (unpaired) electrons. The molecule has 7 heteroatoms. The molecule has 172 valence electrons. The lowest BCUT2D eigenvalue weighted by Gasteiger charge is -2.35. The summed E-state index contributed by atoms with van der Waals surface area (Å²) >= 11 is 0. The summed E-state index contributed by atoms with van der Waals surface area (Å²) in [5, 5.41) is 3.12. The highest BCUT2D eigenvalue weighted by atomic mass is 16.6. The number of methoxy groups -OCH3 is 1. The van der Waals surface area contributed by atoms with E-state index in [0.29, 0.717) is 48.6 Å².